The first-order chi connectivity index (χ1) is 11.0. The van der Waals surface area contributed by atoms with Crippen LogP contribution in [0.25, 0.3) is 10.9 Å². The molecule has 1 aromatic heterocycles. The molecule has 1 aliphatic rings. The number of carboxylic acids is 1. The molecule has 0 saturated heterocycles. The zero-order chi connectivity index (χ0) is 16.4. The van der Waals surface area contributed by atoms with Crippen molar-refractivity contribution < 1.29 is 14.7 Å². The van der Waals surface area contributed by atoms with Gasteiger partial charge >= 0.3 is 5.97 Å². The van der Waals surface area contributed by atoms with Gasteiger partial charge in [0.1, 0.15) is 0 Å². The minimum Gasteiger partial charge on any atom is -0.481 e. The molecule has 0 aliphatic heterocycles. The number of hydrogen-bond acceptors (Lipinski definition) is 3. The number of nitrogens with zero attached hydrogens (tertiary/aromatic N) is 1. The molecule has 1 heterocycles. The molecule has 1 aromatic carbocycles. The lowest BCUT2D eigenvalue weighted by molar-refractivity contribution is -0.137. The number of aromatic nitrogens is 1. The van der Waals surface area contributed by atoms with Crippen LogP contribution < -0.4 is 5.32 Å². The Hall–Kier alpha value is -2.43. The van der Waals surface area contributed by atoms with E-state index in [1.165, 1.54) is 0 Å². The predicted molar refractivity (Wildman–Crippen MR) is 87.5 cm³/mol. The van der Waals surface area contributed by atoms with Gasteiger partial charge in [-0.1, -0.05) is 25.1 Å². The molecule has 1 fully saturated rings. The summed E-state index contributed by atoms with van der Waals surface area (Å²) in [7, 11) is 0. The van der Waals surface area contributed by atoms with Gasteiger partial charge in [0.05, 0.1) is 11.1 Å². The SMILES string of the molecule is CC(CNC(=O)c1cc(C2CC2)nc2ccccc12)CC(=O)O. The molecular weight excluding hydrogens is 292 g/mol. The smallest absolute Gasteiger partial charge is 0.303 e. The second-order valence-corrected chi connectivity index (χ2v) is 6.30. The molecule has 0 radical (unpaired) electrons. The summed E-state index contributed by atoms with van der Waals surface area (Å²) < 4.78 is 0. The minimum atomic E-state index is -0.850. The molecule has 0 spiro atoms. The summed E-state index contributed by atoms with van der Waals surface area (Å²) in [5.41, 5.74) is 2.44. The normalized spacial score (nSPS) is 15.3. The van der Waals surface area contributed by atoms with Crippen molar-refractivity contribution in [2.24, 2.45) is 5.92 Å². The first kappa shape index (κ1) is 15.5. The molecule has 1 amide bonds. The summed E-state index contributed by atoms with van der Waals surface area (Å²) in [4.78, 5) is 27.9. The van der Waals surface area contributed by atoms with Gasteiger partial charge in [-0.25, -0.2) is 0 Å². The molecule has 1 unspecified atom stereocenters. The first-order valence-electron chi connectivity index (χ1n) is 7.94. The van der Waals surface area contributed by atoms with Gasteiger partial charge in [-0.15, -0.1) is 0 Å². The summed E-state index contributed by atoms with van der Waals surface area (Å²) >= 11 is 0. The Balaban J connectivity index is 1.83. The van der Waals surface area contributed by atoms with Gasteiger partial charge in [0, 0.05) is 30.0 Å². The predicted octanol–water partition coefficient (Wildman–Crippen LogP) is 2.95. The number of aliphatic carboxylic acids is 1. The van der Waals surface area contributed by atoms with Gasteiger partial charge in [0.2, 0.25) is 0 Å². The number of amides is 1. The van der Waals surface area contributed by atoms with Crippen LogP contribution in [0.1, 0.15) is 48.2 Å². The molecular formula is C18H20N2O3. The third-order valence-electron chi connectivity index (χ3n) is 4.11. The Morgan fingerprint density at radius 1 is 1.35 bits per heavy atom. The van der Waals surface area contributed by atoms with Crippen molar-refractivity contribution in [1.29, 1.82) is 0 Å². The van der Waals surface area contributed by atoms with Crippen LogP contribution >= 0.6 is 0 Å². The Morgan fingerprint density at radius 3 is 2.78 bits per heavy atom. The molecule has 5 nitrogen and oxygen atoms in total. The van der Waals surface area contributed by atoms with E-state index < -0.39 is 5.97 Å². The van der Waals surface area contributed by atoms with Crippen molar-refractivity contribution in [1.82, 2.24) is 10.3 Å². The number of benzene rings is 1. The number of fused-ring (bicyclic) bond motifs is 1. The maximum atomic E-state index is 12.6. The van der Waals surface area contributed by atoms with Crippen molar-refractivity contribution in [2.75, 3.05) is 6.54 Å². The van der Waals surface area contributed by atoms with Crippen molar-refractivity contribution in [3.8, 4) is 0 Å². The summed E-state index contributed by atoms with van der Waals surface area (Å²) in [6, 6.07) is 9.52. The van der Waals surface area contributed by atoms with Gasteiger partial charge in [-0.05, 0) is 30.9 Å². The molecule has 2 N–H and O–H groups in total. The topological polar surface area (TPSA) is 79.3 Å². The van der Waals surface area contributed by atoms with E-state index in [-0.39, 0.29) is 18.2 Å². The number of nitrogens with one attached hydrogen (secondary N) is 1. The summed E-state index contributed by atoms with van der Waals surface area (Å²) in [6.45, 7) is 2.16. The van der Waals surface area contributed by atoms with Crippen LogP contribution in [-0.2, 0) is 4.79 Å². The third-order valence-corrected chi connectivity index (χ3v) is 4.11. The molecule has 1 aliphatic carbocycles. The maximum Gasteiger partial charge on any atom is 0.303 e. The fourth-order valence-corrected chi connectivity index (χ4v) is 2.70. The van der Waals surface area contributed by atoms with Gasteiger partial charge < -0.3 is 10.4 Å². The number of carboxylic acid groups (broad SMARTS) is 1. The highest BCUT2D eigenvalue weighted by Crippen LogP contribution is 2.40. The number of para-hydroxylation sites is 1. The average Bonchev–Trinajstić information content (AvgIpc) is 3.35. The van der Waals surface area contributed by atoms with E-state index in [0.717, 1.165) is 29.4 Å². The summed E-state index contributed by atoms with van der Waals surface area (Å²) in [5, 5.41) is 12.5. The lowest BCUT2D eigenvalue weighted by Gasteiger charge is -2.13. The molecule has 120 valence electrons. The number of pyridine rings is 1. The van der Waals surface area contributed by atoms with Gasteiger partial charge in [-0.2, -0.15) is 0 Å². The number of hydrogen-bond donors (Lipinski definition) is 2. The van der Waals surface area contributed by atoms with Crippen molar-refractivity contribution in [3.05, 3.63) is 41.6 Å². The monoisotopic (exact) mass is 312 g/mol. The van der Waals surface area contributed by atoms with Crippen LogP contribution in [0.5, 0.6) is 0 Å². The third kappa shape index (κ3) is 3.67. The fraction of sp³-hybridized carbons (Fsp3) is 0.389. The highest BCUT2D eigenvalue weighted by Gasteiger charge is 2.27. The second kappa shape index (κ2) is 6.36. The van der Waals surface area contributed by atoms with E-state index in [9.17, 15) is 9.59 Å². The Morgan fingerprint density at radius 2 is 2.09 bits per heavy atom. The van der Waals surface area contributed by atoms with Crippen LogP contribution in [0.2, 0.25) is 0 Å². The van der Waals surface area contributed by atoms with Crippen LogP contribution in [0.4, 0.5) is 0 Å². The van der Waals surface area contributed by atoms with Crippen LogP contribution in [-0.4, -0.2) is 28.5 Å². The molecule has 1 saturated carbocycles. The molecule has 0 bridgehead atoms. The lowest BCUT2D eigenvalue weighted by atomic mass is 10.0. The first-order valence-corrected chi connectivity index (χ1v) is 7.94. The highest BCUT2D eigenvalue weighted by molar-refractivity contribution is 6.06. The van der Waals surface area contributed by atoms with E-state index in [0.29, 0.717) is 18.0 Å². The molecule has 1 atom stereocenters. The van der Waals surface area contributed by atoms with Crippen molar-refractivity contribution >= 4 is 22.8 Å². The number of carbonyl (C=O) groups excluding carboxylic acids is 1. The second-order valence-electron chi connectivity index (χ2n) is 6.30. The summed E-state index contributed by atoms with van der Waals surface area (Å²) in [6.07, 6.45) is 2.30. The average molecular weight is 312 g/mol. The molecule has 5 heteroatoms. The Labute approximate surface area is 134 Å². The number of rotatable bonds is 6. The zero-order valence-corrected chi connectivity index (χ0v) is 13.1. The van der Waals surface area contributed by atoms with E-state index in [4.69, 9.17) is 5.11 Å². The Bertz CT molecular complexity index is 753. The van der Waals surface area contributed by atoms with E-state index in [1.807, 2.05) is 37.3 Å². The Kier molecular flexibility index (Phi) is 4.28. The highest BCUT2D eigenvalue weighted by atomic mass is 16.4. The van der Waals surface area contributed by atoms with Gasteiger partial charge in [0.15, 0.2) is 0 Å². The molecule has 2 aromatic rings. The molecule has 3 rings (SSSR count). The van der Waals surface area contributed by atoms with E-state index in [1.54, 1.807) is 0 Å². The van der Waals surface area contributed by atoms with Crippen molar-refractivity contribution in [3.63, 3.8) is 0 Å². The van der Waals surface area contributed by atoms with E-state index in [2.05, 4.69) is 10.3 Å². The van der Waals surface area contributed by atoms with Crippen LogP contribution in [0.3, 0.4) is 0 Å². The summed E-state index contributed by atoms with van der Waals surface area (Å²) in [5.74, 6) is -0.649. The lowest BCUT2D eigenvalue weighted by Crippen LogP contribution is -2.29. The minimum absolute atomic E-state index is 0.0463. The zero-order valence-electron chi connectivity index (χ0n) is 13.1. The van der Waals surface area contributed by atoms with Gasteiger partial charge in [-0.3, -0.25) is 14.6 Å². The van der Waals surface area contributed by atoms with Crippen LogP contribution in [0, 0.1) is 5.92 Å². The largest absolute Gasteiger partial charge is 0.481 e. The standard InChI is InChI=1S/C18H20N2O3/c1-11(8-17(21)22)10-19-18(23)14-9-16(12-6-7-12)20-15-5-3-2-4-13(14)15/h2-5,9,11-12H,6-8,10H2,1H3,(H,19,23)(H,21,22). The van der Waals surface area contributed by atoms with E-state index >= 15 is 0 Å². The fourth-order valence-electron chi connectivity index (χ4n) is 2.70. The quantitative estimate of drug-likeness (QED) is 0.859. The van der Waals surface area contributed by atoms with Crippen molar-refractivity contribution in [2.45, 2.75) is 32.1 Å². The molecule has 23 heavy (non-hydrogen) atoms. The maximum absolute atomic E-state index is 12.6. The van der Waals surface area contributed by atoms with Crippen LogP contribution in [0.15, 0.2) is 30.3 Å². The van der Waals surface area contributed by atoms with Gasteiger partial charge in [0.25, 0.3) is 5.91 Å². The number of carbonyl (C=O) groups is 2.